The van der Waals surface area contributed by atoms with E-state index in [0.717, 1.165) is 18.4 Å². The Hall–Kier alpha value is -1.15. The van der Waals surface area contributed by atoms with E-state index in [9.17, 15) is 9.83 Å². The van der Waals surface area contributed by atoms with E-state index in [1.165, 1.54) is 12.8 Å². The summed E-state index contributed by atoms with van der Waals surface area (Å²) >= 11 is 6.06. The Bertz CT molecular complexity index is 804. The average Bonchev–Trinajstić information content (AvgIpc) is 2.94. The lowest BCUT2D eigenvalue weighted by molar-refractivity contribution is 0.173. The predicted octanol–water partition coefficient (Wildman–Crippen LogP) is 5.90. The summed E-state index contributed by atoms with van der Waals surface area (Å²) in [5.41, 5.74) is 1.20. The van der Waals surface area contributed by atoms with Crippen LogP contribution in [0, 0.1) is 11.3 Å². The fourth-order valence-electron chi connectivity index (χ4n) is 5.00. The molecule has 7 heteroatoms. The van der Waals surface area contributed by atoms with E-state index >= 15 is 0 Å². The molecule has 29 heavy (non-hydrogen) atoms. The molecule has 1 aliphatic carbocycles. The minimum Gasteiger partial charge on any atom is -0.270 e. The van der Waals surface area contributed by atoms with Crippen LogP contribution >= 0.6 is 19.2 Å². The van der Waals surface area contributed by atoms with Crippen molar-refractivity contribution in [3.63, 3.8) is 0 Å². The van der Waals surface area contributed by atoms with E-state index in [2.05, 4.69) is 54.8 Å². The largest absolute Gasteiger partial charge is 0.286 e. The molecule has 1 aromatic carbocycles. The second-order valence-corrected chi connectivity index (χ2v) is 11.4. The smallest absolute Gasteiger partial charge is 0.270 e. The van der Waals surface area contributed by atoms with Gasteiger partial charge in [0.2, 0.25) is 0 Å². The van der Waals surface area contributed by atoms with Crippen molar-refractivity contribution in [1.82, 2.24) is 14.4 Å². The highest BCUT2D eigenvalue weighted by Gasteiger charge is 2.57. The van der Waals surface area contributed by atoms with Gasteiger partial charge in [0.1, 0.15) is 0 Å². The second kappa shape index (κ2) is 8.92. The summed E-state index contributed by atoms with van der Waals surface area (Å²) in [7, 11) is -3.14. The van der Waals surface area contributed by atoms with Crippen molar-refractivity contribution in [1.29, 1.82) is 5.26 Å². The maximum Gasteiger partial charge on any atom is 0.286 e. The van der Waals surface area contributed by atoms with Gasteiger partial charge in [-0.3, -0.25) is 4.57 Å². The van der Waals surface area contributed by atoms with Crippen LogP contribution in [0.2, 0.25) is 5.02 Å². The summed E-state index contributed by atoms with van der Waals surface area (Å²) in [5.74, 6) is 0. The monoisotopic (exact) mass is 434 g/mol. The molecule has 0 amide bonds. The molecule has 3 rings (SSSR count). The lowest BCUT2D eigenvalue weighted by Crippen LogP contribution is -2.43. The summed E-state index contributed by atoms with van der Waals surface area (Å²) in [6.45, 7) is 12.4. The highest BCUT2D eigenvalue weighted by molar-refractivity contribution is 7.57. The first-order valence-electron chi connectivity index (χ1n) is 10.5. The fraction of sp³-hybridized carbons (Fsp3) is 0.591. The van der Waals surface area contributed by atoms with Gasteiger partial charge in [-0.15, -0.1) is 0 Å². The average molecular weight is 435 g/mol. The number of nitrogens with one attached hydrogen (secondary N) is 1. The Morgan fingerprint density at radius 1 is 1.14 bits per heavy atom. The minimum atomic E-state index is -3.14. The Morgan fingerprint density at radius 3 is 2.03 bits per heavy atom. The molecule has 158 valence electrons. The molecule has 0 bridgehead atoms. The molecule has 1 saturated heterocycles. The Morgan fingerprint density at radius 2 is 1.62 bits per heavy atom. The minimum absolute atomic E-state index is 0.129. The van der Waals surface area contributed by atoms with Crippen LogP contribution in [0.4, 0.5) is 0 Å². The van der Waals surface area contributed by atoms with Gasteiger partial charge in [0.25, 0.3) is 7.59 Å². The van der Waals surface area contributed by atoms with Crippen molar-refractivity contribution in [3.8, 4) is 6.07 Å². The molecule has 0 spiro atoms. The van der Waals surface area contributed by atoms with Crippen LogP contribution in [0.25, 0.3) is 0 Å². The van der Waals surface area contributed by atoms with E-state index in [0.29, 0.717) is 10.6 Å². The lowest BCUT2D eigenvalue weighted by atomic mass is 9.89. The van der Waals surface area contributed by atoms with Gasteiger partial charge in [-0.2, -0.15) is 5.26 Å². The molecule has 0 radical (unpaired) electrons. The zero-order valence-corrected chi connectivity index (χ0v) is 19.5. The number of nitrogens with zero attached hydrogens (tertiary/aromatic N) is 3. The highest BCUT2D eigenvalue weighted by atomic mass is 35.5. The molecule has 2 aliphatic rings. The third-order valence-corrected chi connectivity index (χ3v) is 9.67. The molecule has 1 aliphatic heterocycles. The molecule has 0 unspecified atom stereocenters. The summed E-state index contributed by atoms with van der Waals surface area (Å²) in [5, 5.41) is 13.7. The SMILES string of the molecule is C=C(C#N)[C@@H](NP1(=O)N(C(C)C)[C@@H]2CCCC[C@H]2N1C(C)C)c1ccc(Cl)cc1. The predicted molar refractivity (Wildman–Crippen MR) is 120 cm³/mol. The van der Waals surface area contributed by atoms with Crippen molar-refractivity contribution in [3.05, 3.63) is 47.0 Å². The van der Waals surface area contributed by atoms with Gasteiger partial charge >= 0.3 is 0 Å². The van der Waals surface area contributed by atoms with Crippen LogP contribution in [-0.4, -0.2) is 33.5 Å². The molecular weight excluding hydrogens is 403 g/mol. The maximum absolute atomic E-state index is 14.8. The summed E-state index contributed by atoms with van der Waals surface area (Å²) in [4.78, 5) is 0. The maximum atomic E-state index is 14.8. The van der Waals surface area contributed by atoms with Crippen LogP contribution in [-0.2, 0) is 4.57 Å². The molecule has 1 N–H and O–H groups in total. The second-order valence-electron chi connectivity index (χ2n) is 8.66. The van der Waals surface area contributed by atoms with Gasteiger partial charge in [-0.25, -0.2) is 14.4 Å². The third kappa shape index (κ3) is 4.20. The quantitative estimate of drug-likeness (QED) is 0.446. The zero-order chi connectivity index (χ0) is 21.3. The van der Waals surface area contributed by atoms with Gasteiger partial charge in [0, 0.05) is 34.8 Å². The standard InChI is InChI=1S/C22H32ClN4OP/c1-15(2)26-20-8-6-7-9-21(20)27(16(3)4)29(26,28)25-22(17(5)14-24)18-10-12-19(23)13-11-18/h10-13,15-16,20-22H,5-9H2,1-4H3,(H,25,28)/t20-,21-,22-/m1/s1. The molecular formula is C22H32ClN4OP. The van der Waals surface area contributed by atoms with E-state index in [1.54, 1.807) is 12.1 Å². The number of fused-ring (bicyclic) bond motifs is 1. The molecule has 1 saturated carbocycles. The van der Waals surface area contributed by atoms with E-state index in [4.69, 9.17) is 11.6 Å². The number of hydrogen-bond donors (Lipinski definition) is 1. The topological polar surface area (TPSA) is 59.4 Å². The van der Waals surface area contributed by atoms with Gasteiger partial charge < -0.3 is 0 Å². The summed E-state index contributed by atoms with van der Waals surface area (Å²) < 4.78 is 19.2. The number of benzene rings is 1. The van der Waals surface area contributed by atoms with Crippen LogP contribution in [0.1, 0.15) is 65.0 Å². The molecule has 0 aromatic heterocycles. The molecule has 2 fully saturated rings. The Kier molecular flexibility index (Phi) is 6.93. The molecule has 1 heterocycles. The van der Waals surface area contributed by atoms with Gasteiger partial charge in [-0.05, 0) is 58.2 Å². The number of hydrogen-bond acceptors (Lipinski definition) is 2. The normalized spacial score (nSPS) is 25.7. The van der Waals surface area contributed by atoms with Crippen LogP contribution in [0.15, 0.2) is 36.4 Å². The third-order valence-electron chi connectivity index (χ3n) is 6.05. The zero-order valence-electron chi connectivity index (χ0n) is 17.8. The van der Waals surface area contributed by atoms with Crippen molar-refractivity contribution >= 4 is 19.2 Å². The van der Waals surface area contributed by atoms with Crippen LogP contribution in [0.5, 0.6) is 0 Å². The summed E-state index contributed by atoms with van der Waals surface area (Å²) in [6.07, 6.45) is 4.45. The first-order valence-corrected chi connectivity index (χ1v) is 12.5. The van der Waals surface area contributed by atoms with E-state index < -0.39 is 13.6 Å². The number of rotatable bonds is 6. The van der Waals surface area contributed by atoms with Gasteiger partial charge in [0.05, 0.1) is 12.1 Å². The first kappa shape index (κ1) is 22.5. The van der Waals surface area contributed by atoms with Crippen molar-refractivity contribution in [2.45, 2.75) is 83.6 Å². The summed E-state index contributed by atoms with van der Waals surface area (Å²) in [6, 6.07) is 9.78. The van der Waals surface area contributed by atoms with Crippen LogP contribution < -0.4 is 5.09 Å². The number of halogens is 1. The van der Waals surface area contributed by atoms with E-state index in [-0.39, 0.29) is 24.2 Å². The van der Waals surface area contributed by atoms with Gasteiger partial charge in [-0.1, -0.05) is 43.2 Å². The molecule has 5 nitrogen and oxygen atoms in total. The highest BCUT2D eigenvalue weighted by Crippen LogP contribution is 2.64. The van der Waals surface area contributed by atoms with Crippen molar-refractivity contribution in [2.75, 3.05) is 0 Å². The van der Waals surface area contributed by atoms with Gasteiger partial charge in [0.15, 0.2) is 0 Å². The fourth-order valence-corrected chi connectivity index (χ4v) is 8.86. The molecule has 1 aromatic rings. The van der Waals surface area contributed by atoms with E-state index in [1.807, 2.05) is 12.1 Å². The number of nitriles is 1. The first-order chi connectivity index (χ1) is 13.7. The van der Waals surface area contributed by atoms with Crippen molar-refractivity contribution in [2.24, 2.45) is 0 Å². The van der Waals surface area contributed by atoms with Crippen molar-refractivity contribution < 1.29 is 4.57 Å². The lowest BCUT2D eigenvalue weighted by Gasteiger charge is -2.38. The Labute approximate surface area is 180 Å². The Balaban J connectivity index is 2.07. The molecule has 3 atom stereocenters. The van der Waals surface area contributed by atoms with Crippen LogP contribution in [0.3, 0.4) is 0 Å².